The maximum atomic E-state index is 12.5. The van der Waals surface area contributed by atoms with E-state index >= 15 is 0 Å². The number of alkyl halides is 3. The summed E-state index contributed by atoms with van der Waals surface area (Å²) in [4.78, 5) is 10.2. The van der Waals surface area contributed by atoms with Gasteiger partial charge in [0.25, 0.3) is 0 Å². The summed E-state index contributed by atoms with van der Waals surface area (Å²) >= 11 is 3.05. The number of rotatable bonds is 3. The van der Waals surface area contributed by atoms with Crippen LogP contribution in [0.25, 0.3) is 0 Å². The Bertz CT molecular complexity index is 360. The van der Waals surface area contributed by atoms with Crippen molar-refractivity contribution in [3.05, 3.63) is 33.8 Å². The van der Waals surface area contributed by atoms with Crippen molar-refractivity contribution in [2.45, 2.75) is 19.0 Å². The van der Waals surface area contributed by atoms with E-state index in [1.807, 2.05) is 0 Å². The molecule has 1 nitrogen and oxygen atoms in total. The van der Waals surface area contributed by atoms with Crippen molar-refractivity contribution in [3.63, 3.8) is 0 Å². The molecule has 0 aromatic heterocycles. The summed E-state index contributed by atoms with van der Waals surface area (Å²) in [6, 6.07) is 3.89. The van der Waals surface area contributed by atoms with Crippen molar-refractivity contribution >= 4 is 22.2 Å². The number of aldehydes is 1. The molecule has 0 atom stereocenters. The second-order valence-electron chi connectivity index (χ2n) is 2.97. The highest BCUT2D eigenvalue weighted by molar-refractivity contribution is 9.10. The molecule has 0 aliphatic rings. The molecule has 0 N–H and O–H groups in total. The summed E-state index contributed by atoms with van der Waals surface area (Å²) in [5.41, 5.74) is -0.546. The second-order valence-corrected chi connectivity index (χ2v) is 3.82. The van der Waals surface area contributed by atoms with Gasteiger partial charge in [0, 0.05) is 10.9 Å². The average molecular weight is 281 g/mol. The van der Waals surface area contributed by atoms with E-state index in [1.165, 1.54) is 12.1 Å². The lowest BCUT2D eigenvalue weighted by Gasteiger charge is -2.13. The zero-order chi connectivity index (χ0) is 11.5. The van der Waals surface area contributed by atoms with E-state index < -0.39 is 11.7 Å². The molecule has 0 saturated carbocycles. The Kier molecular flexibility index (Phi) is 3.90. The Morgan fingerprint density at radius 3 is 2.53 bits per heavy atom. The predicted molar refractivity (Wildman–Crippen MR) is 53.5 cm³/mol. The minimum Gasteiger partial charge on any atom is -0.303 e. The molecule has 5 heteroatoms. The molecule has 0 radical (unpaired) electrons. The molecule has 0 heterocycles. The SMILES string of the molecule is O=CCCc1c(Br)cccc1C(F)(F)F. The van der Waals surface area contributed by atoms with Crippen molar-refractivity contribution < 1.29 is 18.0 Å². The van der Waals surface area contributed by atoms with Gasteiger partial charge in [-0.05, 0) is 24.1 Å². The summed E-state index contributed by atoms with van der Waals surface area (Å²) in [6.07, 6.45) is -3.58. The monoisotopic (exact) mass is 280 g/mol. The molecule has 1 aromatic rings. The van der Waals surface area contributed by atoms with Crippen molar-refractivity contribution in [1.82, 2.24) is 0 Å². The maximum absolute atomic E-state index is 12.5. The molecule has 0 bridgehead atoms. The number of carbonyl (C=O) groups is 1. The van der Waals surface area contributed by atoms with Gasteiger partial charge in [-0.3, -0.25) is 0 Å². The third kappa shape index (κ3) is 3.06. The quantitative estimate of drug-likeness (QED) is 0.774. The zero-order valence-electron chi connectivity index (χ0n) is 7.64. The van der Waals surface area contributed by atoms with E-state index in [9.17, 15) is 18.0 Å². The van der Waals surface area contributed by atoms with E-state index in [0.717, 1.165) is 6.07 Å². The zero-order valence-corrected chi connectivity index (χ0v) is 9.23. The van der Waals surface area contributed by atoms with Gasteiger partial charge in [-0.15, -0.1) is 0 Å². The minimum absolute atomic E-state index is 0.0890. The van der Waals surface area contributed by atoms with Gasteiger partial charge in [-0.1, -0.05) is 22.0 Å². The van der Waals surface area contributed by atoms with Crippen LogP contribution >= 0.6 is 15.9 Å². The molecule has 0 amide bonds. The molecule has 82 valence electrons. The molecule has 0 spiro atoms. The van der Waals surface area contributed by atoms with Crippen molar-refractivity contribution in [1.29, 1.82) is 0 Å². The highest BCUT2D eigenvalue weighted by atomic mass is 79.9. The van der Waals surface area contributed by atoms with Crippen LogP contribution in [0.15, 0.2) is 22.7 Å². The van der Waals surface area contributed by atoms with Crippen LogP contribution in [0.1, 0.15) is 17.5 Å². The molecule has 0 fully saturated rings. The first-order chi connectivity index (χ1) is 6.96. The highest BCUT2D eigenvalue weighted by Crippen LogP contribution is 2.35. The Balaban J connectivity index is 3.14. The first-order valence-electron chi connectivity index (χ1n) is 4.25. The van der Waals surface area contributed by atoms with E-state index in [1.54, 1.807) is 0 Å². The minimum atomic E-state index is -4.37. The van der Waals surface area contributed by atoms with Crippen LogP contribution in [0, 0.1) is 0 Å². The van der Waals surface area contributed by atoms with Gasteiger partial charge in [-0.2, -0.15) is 13.2 Å². The van der Waals surface area contributed by atoms with E-state index in [0.29, 0.717) is 10.8 Å². The first kappa shape index (κ1) is 12.2. The number of benzene rings is 1. The second kappa shape index (κ2) is 4.79. The van der Waals surface area contributed by atoms with Crippen LogP contribution in [0.4, 0.5) is 13.2 Å². The molecule has 0 aliphatic heterocycles. The summed E-state index contributed by atoms with van der Waals surface area (Å²) in [6.45, 7) is 0. The lowest BCUT2D eigenvalue weighted by atomic mass is 10.0. The molecule has 1 aromatic carbocycles. The molecular weight excluding hydrogens is 273 g/mol. The molecular formula is C10H8BrF3O. The third-order valence-electron chi connectivity index (χ3n) is 1.94. The van der Waals surface area contributed by atoms with Gasteiger partial charge in [0.1, 0.15) is 6.29 Å². The van der Waals surface area contributed by atoms with Crippen LogP contribution in [0.3, 0.4) is 0 Å². The summed E-state index contributed by atoms with van der Waals surface area (Å²) in [5, 5.41) is 0. The van der Waals surface area contributed by atoms with Crippen LogP contribution < -0.4 is 0 Å². The Labute approximate surface area is 93.4 Å². The summed E-state index contributed by atoms with van der Waals surface area (Å²) in [7, 11) is 0. The number of hydrogen-bond donors (Lipinski definition) is 0. The summed E-state index contributed by atoms with van der Waals surface area (Å²) < 4.78 is 38.0. The van der Waals surface area contributed by atoms with E-state index in [4.69, 9.17) is 0 Å². The normalized spacial score (nSPS) is 11.5. The standard InChI is InChI=1S/C10H8BrF3O/c11-9-5-1-4-8(10(12,13)14)7(9)3-2-6-15/h1,4-6H,2-3H2. The number of hydrogen-bond acceptors (Lipinski definition) is 1. The Morgan fingerprint density at radius 2 is 2.00 bits per heavy atom. The lowest BCUT2D eigenvalue weighted by Crippen LogP contribution is -2.09. The van der Waals surface area contributed by atoms with Gasteiger partial charge < -0.3 is 4.79 Å². The average Bonchev–Trinajstić information content (AvgIpc) is 2.14. The molecule has 0 aliphatic carbocycles. The third-order valence-corrected chi connectivity index (χ3v) is 2.68. The van der Waals surface area contributed by atoms with Gasteiger partial charge >= 0.3 is 6.18 Å². The Hall–Kier alpha value is -0.840. The van der Waals surface area contributed by atoms with Crippen LogP contribution in [0.5, 0.6) is 0 Å². The van der Waals surface area contributed by atoms with Crippen LogP contribution in [-0.2, 0) is 17.4 Å². The number of carbonyl (C=O) groups excluding carboxylic acids is 1. The fourth-order valence-corrected chi connectivity index (χ4v) is 1.85. The highest BCUT2D eigenvalue weighted by Gasteiger charge is 2.33. The molecule has 0 unspecified atom stereocenters. The van der Waals surface area contributed by atoms with E-state index in [-0.39, 0.29) is 18.4 Å². The van der Waals surface area contributed by atoms with Gasteiger partial charge in [-0.25, -0.2) is 0 Å². The molecule has 0 saturated heterocycles. The van der Waals surface area contributed by atoms with Gasteiger partial charge in [0.05, 0.1) is 5.56 Å². The largest absolute Gasteiger partial charge is 0.416 e. The van der Waals surface area contributed by atoms with Crippen molar-refractivity contribution in [3.8, 4) is 0 Å². The van der Waals surface area contributed by atoms with Crippen molar-refractivity contribution in [2.24, 2.45) is 0 Å². The first-order valence-corrected chi connectivity index (χ1v) is 5.04. The van der Waals surface area contributed by atoms with Crippen LogP contribution in [-0.4, -0.2) is 6.29 Å². The number of halogens is 4. The van der Waals surface area contributed by atoms with E-state index in [2.05, 4.69) is 15.9 Å². The lowest BCUT2D eigenvalue weighted by molar-refractivity contribution is -0.138. The molecule has 1 rings (SSSR count). The smallest absolute Gasteiger partial charge is 0.303 e. The summed E-state index contributed by atoms with van der Waals surface area (Å²) in [5.74, 6) is 0. The fourth-order valence-electron chi connectivity index (χ4n) is 1.28. The molecule has 15 heavy (non-hydrogen) atoms. The van der Waals surface area contributed by atoms with Crippen molar-refractivity contribution in [2.75, 3.05) is 0 Å². The van der Waals surface area contributed by atoms with Gasteiger partial charge in [0.15, 0.2) is 0 Å². The maximum Gasteiger partial charge on any atom is 0.416 e. The fraction of sp³-hybridized carbons (Fsp3) is 0.300. The topological polar surface area (TPSA) is 17.1 Å². The predicted octanol–water partition coefficient (Wildman–Crippen LogP) is 3.60. The Morgan fingerprint density at radius 1 is 1.33 bits per heavy atom. The van der Waals surface area contributed by atoms with Crippen LogP contribution in [0.2, 0.25) is 0 Å². The van der Waals surface area contributed by atoms with Gasteiger partial charge in [0.2, 0.25) is 0 Å².